The second-order valence-electron chi connectivity index (χ2n) is 3.67. The van der Waals surface area contributed by atoms with Crippen LogP contribution < -0.4 is 10.6 Å². The summed E-state index contributed by atoms with van der Waals surface area (Å²) in [7, 11) is 0. The van der Waals surface area contributed by atoms with Gasteiger partial charge in [0, 0.05) is 26.6 Å². The van der Waals surface area contributed by atoms with Crippen LogP contribution in [0.5, 0.6) is 0 Å². The van der Waals surface area contributed by atoms with Gasteiger partial charge < -0.3 is 15.7 Å². The number of hydrogen-bond acceptors (Lipinski definition) is 3. The van der Waals surface area contributed by atoms with Crippen molar-refractivity contribution >= 4 is 11.9 Å². The van der Waals surface area contributed by atoms with E-state index in [9.17, 15) is 9.59 Å². The minimum absolute atomic E-state index is 0.0559. The number of carboxylic acid groups (broad SMARTS) is 1. The molecular weight excluding hydrogens is 220 g/mol. The van der Waals surface area contributed by atoms with Gasteiger partial charge in [0.15, 0.2) is 0 Å². The summed E-state index contributed by atoms with van der Waals surface area (Å²) in [4.78, 5) is 21.3. The molecule has 0 fully saturated rings. The molecule has 1 amide bonds. The molecule has 5 heteroatoms. The average molecular weight is 236 g/mol. The zero-order valence-corrected chi connectivity index (χ0v) is 9.69. The van der Waals surface area contributed by atoms with E-state index in [0.717, 1.165) is 5.56 Å². The molecular formula is C12H16N2O3. The van der Waals surface area contributed by atoms with Crippen molar-refractivity contribution in [2.24, 2.45) is 0 Å². The first kappa shape index (κ1) is 13.2. The summed E-state index contributed by atoms with van der Waals surface area (Å²) in [6.07, 6.45) is 0. The van der Waals surface area contributed by atoms with Crippen molar-refractivity contribution in [3.05, 3.63) is 35.4 Å². The molecule has 1 rings (SSSR count). The number of benzene rings is 1. The monoisotopic (exact) mass is 236 g/mol. The molecule has 1 aromatic carbocycles. The van der Waals surface area contributed by atoms with Crippen LogP contribution in [0.25, 0.3) is 0 Å². The first-order chi connectivity index (χ1) is 8.09. The molecule has 5 nitrogen and oxygen atoms in total. The van der Waals surface area contributed by atoms with Gasteiger partial charge in [-0.2, -0.15) is 0 Å². The van der Waals surface area contributed by atoms with Gasteiger partial charge in [0.25, 0.3) is 0 Å². The normalized spacial score (nSPS) is 9.94. The molecule has 0 aromatic heterocycles. The van der Waals surface area contributed by atoms with Crippen molar-refractivity contribution in [3.63, 3.8) is 0 Å². The molecule has 0 bridgehead atoms. The van der Waals surface area contributed by atoms with Gasteiger partial charge in [0.05, 0.1) is 5.56 Å². The smallest absolute Gasteiger partial charge is 0.335 e. The molecule has 0 saturated carbocycles. The minimum atomic E-state index is -0.926. The van der Waals surface area contributed by atoms with Crippen molar-refractivity contribution in [2.75, 3.05) is 13.1 Å². The fourth-order valence-electron chi connectivity index (χ4n) is 1.37. The average Bonchev–Trinajstić information content (AvgIpc) is 2.28. The lowest BCUT2D eigenvalue weighted by Crippen LogP contribution is -2.29. The highest BCUT2D eigenvalue weighted by molar-refractivity contribution is 5.87. The van der Waals surface area contributed by atoms with Gasteiger partial charge >= 0.3 is 5.97 Å². The van der Waals surface area contributed by atoms with Crippen LogP contribution in [0.1, 0.15) is 22.8 Å². The van der Waals surface area contributed by atoms with Gasteiger partial charge in [0.1, 0.15) is 0 Å². The van der Waals surface area contributed by atoms with Crippen molar-refractivity contribution in [1.82, 2.24) is 10.6 Å². The summed E-state index contributed by atoms with van der Waals surface area (Å²) < 4.78 is 0. The Kier molecular flexibility index (Phi) is 5.16. The topological polar surface area (TPSA) is 78.4 Å². The second kappa shape index (κ2) is 6.65. The summed E-state index contributed by atoms with van der Waals surface area (Å²) >= 11 is 0. The highest BCUT2D eigenvalue weighted by Crippen LogP contribution is 2.04. The van der Waals surface area contributed by atoms with E-state index in [-0.39, 0.29) is 11.5 Å². The van der Waals surface area contributed by atoms with Gasteiger partial charge in [-0.3, -0.25) is 4.79 Å². The predicted molar refractivity (Wildman–Crippen MR) is 63.8 cm³/mol. The third-order valence-corrected chi connectivity index (χ3v) is 2.18. The predicted octanol–water partition coefficient (Wildman–Crippen LogP) is 0.610. The van der Waals surface area contributed by atoms with E-state index >= 15 is 0 Å². The van der Waals surface area contributed by atoms with E-state index in [1.54, 1.807) is 18.2 Å². The molecule has 92 valence electrons. The first-order valence-corrected chi connectivity index (χ1v) is 5.37. The van der Waals surface area contributed by atoms with Crippen molar-refractivity contribution in [1.29, 1.82) is 0 Å². The summed E-state index contributed by atoms with van der Waals surface area (Å²) in [6.45, 7) is 3.27. The molecule has 0 aliphatic heterocycles. The van der Waals surface area contributed by atoms with E-state index in [1.165, 1.54) is 6.92 Å². The highest BCUT2D eigenvalue weighted by Gasteiger charge is 2.02. The molecule has 0 aliphatic carbocycles. The summed E-state index contributed by atoms with van der Waals surface area (Å²) in [5.74, 6) is -0.982. The molecule has 0 radical (unpaired) electrons. The Bertz CT molecular complexity index is 404. The van der Waals surface area contributed by atoms with Crippen LogP contribution >= 0.6 is 0 Å². The van der Waals surface area contributed by atoms with Gasteiger partial charge in [-0.05, 0) is 17.7 Å². The molecule has 3 N–H and O–H groups in total. The van der Waals surface area contributed by atoms with E-state index in [2.05, 4.69) is 10.6 Å². The maximum Gasteiger partial charge on any atom is 0.335 e. The van der Waals surface area contributed by atoms with Crippen molar-refractivity contribution < 1.29 is 14.7 Å². The number of carbonyl (C=O) groups is 2. The van der Waals surface area contributed by atoms with Gasteiger partial charge in [-0.25, -0.2) is 4.79 Å². The molecule has 1 aromatic rings. The van der Waals surface area contributed by atoms with Crippen LogP contribution in [0.3, 0.4) is 0 Å². The molecule has 17 heavy (non-hydrogen) atoms. The van der Waals surface area contributed by atoms with Crippen LogP contribution in [0, 0.1) is 0 Å². The molecule has 0 saturated heterocycles. The fraction of sp³-hybridized carbons (Fsp3) is 0.333. The Balaban J connectivity index is 2.34. The Labute approximate surface area is 99.8 Å². The summed E-state index contributed by atoms with van der Waals surface area (Å²) in [5.41, 5.74) is 1.19. The first-order valence-electron chi connectivity index (χ1n) is 5.37. The molecule has 0 spiro atoms. The fourth-order valence-corrected chi connectivity index (χ4v) is 1.37. The summed E-state index contributed by atoms with van der Waals surface area (Å²) in [5, 5.41) is 14.6. The molecule has 0 atom stereocenters. The van der Waals surface area contributed by atoms with Crippen molar-refractivity contribution in [3.8, 4) is 0 Å². The maximum absolute atomic E-state index is 10.7. The van der Waals surface area contributed by atoms with Crippen LogP contribution in [0.15, 0.2) is 24.3 Å². The number of hydrogen-bond donors (Lipinski definition) is 3. The molecule has 0 aliphatic rings. The van der Waals surface area contributed by atoms with E-state index in [0.29, 0.717) is 19.6 Å². The van der Waals surface area contributed by atoms with Crippen LogP contribution in [-0.2, 0) is 11.3 Å². The lowest BCUT2D eigenvalue weighted by atomic mass is 10.1. The number of carboxylic acids is 1. The number of nitrogens with one attached hydrogen (secondary N) is 2. The third kappa shape index (κ3) is 5.12. The Morgan fingerprint density at radius 1 is 1.29 bits per heavy atom. The van der Waals surface area contributed by atoms with Crippen molar-refractivity contribution in [2.45, 2.75) is 13.5 Å². The highest BCUT2D eigenvalue weighted by atomic mass is 16.4. The van der Waals surface area contributed by atoms with Crippen LogP contribution in [0.2, 0.25) is 0 Å². The Morgan fingerprint density at radius 3 is 2.71 bits per heavy atom. The van der Waals surface area contributed by atoms with E-state index in [1.807, 2.05) is 6.07 Å². The number of amides is 1. The van der Waals surface area contributed by atoms with Gasteiger partial charge in [0.2, 0.25) is 5.91 Å². The lowest BCUT2D eigenvalue weighted by molar-refractivity contribution is -0.118. The molecule has 0 unspecified atom stereocenters. The van der Waals surface area contributed by atoms with Crippen LogP contribution in [-0.4, -0.2) is 30.1 Å². The van der Waals surface area contributed by atoms with E-state index < -0.39 is 5.97 Å². The minimum Gasteiger partial charge on any atom is -0.478 e. The maximum atomic E-state index is 10.7. The Hall–Kier alpha value is -1.88. The van der Waals surface area contributed by atoms with Gasteiger partial charge in [-0.15, -0.1) is 0 Å². The lowest BCUT2D eigenvalue weighted by Gasteiger charge is -2.06. The standard InChI is InChI=1S/C12H16N2O3/c1-9(15)14-6-5-13-8-10-3-2-4-11(7-10)12(16)17/h2-4,7,13H,5-6,8H2,1H3,(H,14,15)(H,16,17). The molecule has 0 heterocycles. The summed E-state index contributed by atoms with van der Waals surface area (Å²) in [6, 6.07) is 6.77. The quantitative estimate of drug-likeness (QED) is 0.632. The number of aromatic carboxylic acids is 1. The number of rotatable bonds is 6. The third-order valence-electron chi connectivity index (χ3n) is 2.18. The SMILES string of the molecule is CC(=O)NCCNCc1cccc(C(=O)O)c1. The zero-order chi connectivity index (χ0) is 12.7. The van der Waals surface area contributed by atoms with Crippen LogP contribution in [0.4, 0.5) is 0 Å². The Morgan fingerprint density at radius 2 is 2.06 bits per heavy atom. The van der Waals surface area contributed by atoms with Gasteiger partial charge in [-0.1, -0.05) is 12.1 Å². The zero-order valence-electron chi connectivity index (χ0n) is 9.69. The van der Waals surface area contributed by atoms with E-state index in [4.69, 9.17) is 5.11 Å². The second-order valence-corrected chi connectivity index (χ2v) is 3.67. The number of carbonyl (C=O) groups excluding carboxylic acids is 1. The largest absolute Gasteiger partial charge is 0.478 e.